The number of hydrogen-bond acceptors (Lipinski definition) is 1. The molecule has 1 aromatic carbocycles. The van der Waals surface area contributed by atoms with Crippen LogP contribution in [0.25, 0.3) is 0 Å². The topological polar surface area (TPSA) is 23.8 Å². The Labute approximate surface area is 85.7 Å². The molecule has 1 aromatic rings. The number of rotatable bonds is 3. The molecule has 0 aliphatic rings. The van der Waals surface area contributed by atoms with E-state index >= 15 is 0 Å². The molecule has 0 fully saturated rings. The van der Waals surface area contributed by atoms with Gasteiger partial charge in [0.15, 0.2) is 0 Å². The second-order valence-corrected chi connectivity index (χ2v) is 3.40. The van der Waals surface area contributed by atoms with Gasteiger partial charge in [0.25, 0.3) is 0 Å². The van der Waals surface area contributed by atoms with E-state index in [9.17, 15) is 0 Å². The molecule has 0 aromatic heterocycles. The van der Waals surface area contributed by atoms with Crippen molar-refractivity contribution >= 4 is 0 Å². The molecule has 0 saturated heterocycles. The molecule has 0 heterocycles. The van der Waals surface area contributed by atoms with Crippen LogP contribution in [0.4, 0.5) is 0 Å². The molecule has 0 saturated carbocycles. The van der Waals surface area contributed by atoms with E-state index in [0.29, 0.717) is 0 Å². The van der Waals surface area contributed by atoms with Gasteiger partial charge in [0.2, 0.25) is 0 Å². The Morgan fingerprint density at radius 3 is 2.43 bits per heavy atom. The van der Waals surface area contributed by atoms with Gasteiger partial charge in [-0.25, -0.2) is 0 Å². The van der Waals surface area contributed by atoms with Crippen molar-refractivity contribution in [2.75, 3.05) is 0 Å². The zero-order valence-corrected chi connectivity index (χ0v) is 8.64. The van der Waals surface area contributed by atoms with Crippen LogP contribution < -0.4 is 0 Å². The first-order valence-corrected chi connectivity index (χ1v) is 4.87. The van der Waals surface area contributed by atoms with E-state index in [2.05, 4.69) is 19.1 Å². The maximum Gasteiger partial charge on any atom is 0.0772 e. The van der Waals surface area contributed by atoms with Gasteiger partial charge in [-0.1, -0.05) is 49.4 Å². The molecule has 1 nitrogen and oxygen atoms in total. The van der Waals surface area contributed by atoms with Crippen molar-refractivity contribution in [1.82, 2.24) is 0 Å². The number of nitriles is 1. The Kier molecular flexibility index (Phi) is 3.94. The van der Waals surface area contributed by atoms with Crippen LogP contribution in [0.15, 0.2) is 42.5 Å². The van der Waals surface area contributed by atoms with Crippen molar-refractivity contribution < 1.29 is 0 Å². The number of hydrogen-bond donors (Lipinski definition) is 0. The van der Waals surface area contributed by atoms with E-state index in [-0.39, 0.29) is 11.8 Å². The third-order valence-electron chi connectivity index (χ3n) is 2.32. The highest BCUT2D eigenvalue weighted by Crippen LogP contribution is 2.24. The predicted octanol–water partition coefficient (Wildman–Crippen LogP) is 3.51. The maximum absolute atomic E-state index is 9.09. The molecule has 2 atom stereocenters. The average Bonchev–Trinajstić information content (AvgIpc) is 2.21. The summed E-state index contributed by atoms with van der Waals surface area (Å²) < 4.78 is 0. The Hall–Kier alpha value is -1.55. The molecule has 0 bridgehead atoms. The van der Waals surface area contributed by atoms with E-state index in [1.165, 1.54) is 0 Å². The molecule has 2 unspecified atom stereocenters. The van der Waals surface area contributed by atoms with E-state index in [1.807, 2.05) is 43.3 Å². The van der Waals surface area contributed by atoms with Gasteiger partial charge in [0.1, 0.15) is 0 Å². The van der Waals surface area contributed by atoms with E-state index < -0.39 is 0 Å². The largest absolute Gasteiger partial charge is 0.198 e. The zero-order valence-electron chi connectivity index (χ0n) is 8.64. The lowest BCUT2D eigenvalue weighted by atomic mass is 9.88. The average molecular weight is 185 g/mol. The molecule has 0 aliphatic carbocycles. The van der Waals surface area contributed by atoms with Gasteiger partial charge >= 0.3 is 0 Å². The summed E-state index contributed by atoms with van der Waals surface area (Å²) in [7, 11) is 0. The van der Waals surface area contributed by atoms with Crippen molar-refractivity contribution in [3.8, 4) is 6.07 Å². The third-order valence-corrected chi connectivity index (χ3v) is 2.32. The van der Waals surface area contributed by atoms with Gasteiger partial charge in [0.05, 0.1) is 12.0 Å². The molecule has 0 radical (unpaired) electrons. The summed E-state index contributed by atoms with van der Waals surface area (Å²) in [5.41, 5.74) is 1.10. The van der Waals surface area contributed by atoms with Crippen molar-refractivity contribution in [3.63, 3.8) is 0 Å². The molecule has 72 valence electrons. The standard InChI is InChI=1S/C13H15N/c1-3-7-11(2)13(10-14)12-8-5-4-6-9-12/h3-9,11,13H,1-2H3/b7-3+. The normalized spacial score (nSPS) is 14.9. The number of allylic oxidation sites excluding steroid dienone is 2. The molecular weight excluding hydrogens is 170 g/mol. The highest BCUT2D eigenvalue weighted by Gasteiger charge is 2.15. The summed E-state index contributed by atoms with van der Waals surface area (Å²) >= 11 is 0. The Bertz CT molecular complexity index is 332. The minimum absolute atomic E-state index is 0.0348. The fraction of sp³-hybridized carbons (Fsp3) is 0.308. The van der Waals surface area contributed by atoms with Crippen LogP contribution in [0, 0.1) is 17.2 Å². The first kappa shape index (κ1) is 10.5. The zero-order chi connectivity index (χ0) is 10.4. The van der Waals surface area contributed by atoms with E-state index in [4.69, 9.17) is 5.26 Å². The van der Waals surface area contributed by atoms with Crippen LogP contribution in [-0.4, -0.2) is 0 Å². The maximum atomic E-state index is 9.09. The quantitative estimate of drug-likeness (QED) is 0.661. The fourth-order valence-electron chi connectivity index (χ4n) is 1.57. The van der Waals surface area contributed by atoms with Gasteiger partial charge in [-0.05, 0) is 18.4 Å². The molecule has 0 aliphatic heterocycles. The third kappa shape index (κ3) is 2.47. The molecule has 14 heavy (non-hydrogen) atoms. The first-order chi connectivity index (χ1) is 6.79. The summed E-state index contributed by atoms with van der Waals surface area (Å²) in [5.74, 6) is 0.236. The lowest BCUT2D eigenvalue weighted by Crippen LogP contribution is -2.04. The fourth-order valence-corrected chi connectivity index (χ4v) is 1.57. The number of benzene rings is 1. The summed E-state index contributed by atoms with van der Waals surface area (Å²) in [6.07, 6.45) is 4.07. The van der Waals surface area contributed by atoms with Gasteiger partial charge < -0.3 is 0 Å². The molecule has 0 amide bonds. The SMILES string of the molecule is C/C=C/C(C)C(C#N)c1ccccc1. The van der Waals surface area contributed by atoms with Gasteiger partial charge in [-0.2, -0.15) is 5.26 Å². The second kappa shape index (κ2) is 5.24. The monoisotopic (exact) mass is 185 g/mol. The van der Waals surface area contributed by atoms with Gasteiger partial charge in [-0.3, -0.25) is 0 Å². The highest BCUT2D eigenvalue weighted by atomic mass is 14.3. The highest BCUT2D eigenvalue weighted by molar-refractivity contribution is 5.26. The lowest BCUT2D eigenvalue weighted by molar-refractivity contribution is 0.651. The van der Waals surface area contributed by atoms with Crippen LogP contribution >= 0.6 is 0 Å². The molecule has 0 N–H and O–H groups in total. The summed E-state index contributed by atoms with van der Waals surface area (Å²) in [5, 5.41) is 9.09. The summed E-state index contributed by atoms with van der Waals surface area (Å²) in [6.45, 7) is 4.05. The minimum Gasteiger partial charge on any atom is -0.198 e. The van der Waals surface area contributed by atoms with Crippen LogP contribution in [0.3, 0.4) is 0 Å². The predicted molar refractivity (Wildman–Crippen MR) is 58.8 cm³/mol. The van der Waals surface area contributed by atoms with E-state index in [1.54, 1.807) is 0 Å². The Morgan fingerprint density at radius 1 is 1.29 bits per heavy atom. The smallest absolute Gasteiger partial charge is 0.0772 e. The van der Waals surface area contributed by atoms with Crippen LogP contribution in [0.5, 0.6) is 0 Å². The summed E-state index contributed by atoms with van der Waals surface area (Å²) in [4.78, 5) is 0. The van der Waals surface area contributed by atoms with Crippen LogP contribution in [0.1, 0.15) is 25.3 Å². The van der Waals surface area contributed by atoms with E-state index in [0.717, 1.165) is 5.56 Å². The number of nitrogens with zero attached hydrogens (tertiary/aromatic N) is 1. The van der Waals surface area contributed by atoms with Crippen LogP contribution in [0.2, 0.25) is 0 Å². The Morgan fingerprint density at radius 2 is 1.93 bits per heavy atom. The minimum atomic E-state index is -0.0348. The van der Waals surface area contributed by atoms with Gasteiger partial charge in [0, 0.05) is 0 Å². The van der Waals surface area contributed by atoms with Crippen molar-refractivity contribution in [2.24, 2.45) is 5.92 Å². The first-order valence-electron chi connectivity index (χ1n) is 4.87. The van der Waals surface area contributed by atoms with Gasteiger partial charge in [-0.15, -0.1) is 0 Å². The molecule has 0 spiro atoms. The van der Waals surface area contributed by atoms with Crippen LogP contribution in [-0.2, 0) is 0 Å². The lowest BCUT2D eigenvalue weighted by Gasteiger charge is -2.13. The van der Waals surface area contributed by atoms with Crippen molar-refractivity contribution in [2.45, 2.75) is 19.8 Å². The van der Waals surface area contributed by atoms with Crippen molar-refractivity contribution in [3.05, 3.63) is 48.0 Å². The molecular formula is C13H15N. The second-order valence-electron chi connectivity index (χ2n) is 3.40. The molecule has 1 rings (SSSR count). The Balaban J connectivity index is 2.89. The molecule has 1 heteroatoms. The summed E-state index contributed by atoms with van der Waals surface area (Å²) in [6, 6.07) is 12.3. The van der Waals surface area contributed by atoms with Crippen molar-refractivity contribution in [1.29, 1.82) is 5.26 Å².